The third-order valence-corrected chi connectivity index (χ3v) is 5.17. The third-order valence-electron chi connectivity index (χ3n) is 4.15. The number of aromatic nitrogens is 1. The van der Waals surface area contributed by atoms with Crippen LogP contribution in [0.5, 0.6) is 5.75 Å². The number of amides is 2. The van der Waals surface area contributed by atoms with Crippen LogP contribution in [0.4, 0.5) is 5.69 Å². The minimum Gasteiger partial charge on any atom is -0.497 e. The Morgan fingerprint density at radius 1 is 1.48 bits per heavy atom. The normalized spacial score (nSPS) is 16.1. The Balaban J connectivity index is 1.61. The van der Waals surface area contributed by atoms with Crippen molar-refractivity contribution in [2.75, 3.05) is 19.0 Å². The maximum absolute atomic E-state index is 12.6. The van der Waals surface area contributed by atoms with Crippen molar-refractivity contribution in [3.8, 4) is 5.75 Å². The topological polar surface area (TPSA) is 80.3 Å². The van der Waals surface area contributed by atoms with E-state index in [1.54, 1.807) is 30.6 Å². The number of nitrogens with zero attached hydrogens (tertiary/aromatic N) is 1. The first-order valence-electron chi connectivity index (χ1n) is 8.23. The molecule has 0 saturated heterocycles. The van der Waals surface area contributed by atoms with Crippen LogP contribution in [0.15, 0.2) is 23.6 Å². The van der Waals surface area contributed by atoms with E-state index in [1.807, 2.05) is 18.4 Å². The highest BCUT2D eigenvalue weighted by molar-refractivity contribution is 7.09. The summed E-state index contributed by atoms with van der Waals surface area (Å²) in [6.45, 7) is 2.54. The van der Waals surface area contributed by atoms with Gasteiger partial charge >= 0.3 is 0 Å². The summed E-state index contributed by atoms with van der Waals surface area (Å²) in [5.41, 5.74) is 2.50. The first-order chi connectivity index (χ1) is 12.1. The smallest absolute Gasteiger partial charge is 0.228 e. The highest BCUT2D eigenvalue weighted by atomic mass is 32.1. The highest BCUT2D eigenvalue weighted by Crippen LogP contribution is 2.34. The van der Waals surface area contributed by atoms with E-state index in [2.05, 4.69) is 15.6 Å². The molecular formula is C18H21N3O3S. The van der Waals surface area contributed by atoms with Crippen LogP contribution >= 0.6 is 11.3 Å². The molecule has 0 aliphatic carbocycles. The molecule has 0 spiro atoms. The van der Waals surface area contributed by atoms with E-state index >= 15 is 0 Å². The molecule has 0 unspecified atom stereocenters. The van der Waals surface area contributed by atoms with Crippen molar-refractivity contribution in [3.63, 3.8) is 0 Å². The number of methoxy groups -OCH3 is 1. The largest absolute Gasteiger partial charge is 0.497 e. The maximum Gasteiger partial charge on any atom is 0.228 e. The van der Waals surface area contributed by atoms with Gasteiger partial charge in [0.05, 0.1) is 18.0 Å². The van der Waals surface area contributed by atoms with Crippen LogP contribution in [0.3, 0.4) is 0 Å². The summed E-state index contributed by atoms with van der Waals surface area (Å²) in [4.78, 5) is 28.9. The fourth-order valence-corrected chi connectivity index (χ4v) is 3.71. The number of thiazole rings is 1. The molecule has 2 amide bonds. The molecule has 0 radical (unpaired) electrons. The molecule has 0 bridgehead atoms. The van der Waals surface area contributed by atoms with Crippen molar-refractivity contribution >= 4 is 28.8 Å². The Hall–Kier alpha value is -2.41. The van der Waals surface area contributed by atoms with Gasteiger partial charge in [0, 0.05) is 36.1 Å². The lowest BCUT2D eigenvalue weighted by Gasteiger charge is -2.25. The van der Waals surface area contributed by atoms with E-state index in [-0.39, 0.29) is 18.2 Å². The van der Waals surface area contributed by atoms with Crippen LogP contribution in [0.2, 0.25) is 0 Å². The number of rotatable bonds is 6. The lowest BCUT2D eigenvalue weighted by Crippen LogP contribution is -2.35. The number of benzene rings is 1. The van der Waals surface area contributed by atoms with E-state index in [1.165, 1.54) is 0 Å². The summed E-state index contributed by atoms with van der Waals surface area (Å²) in [6, 6.07) is 5.36. The molecule has 6 nitrogen and oxygen atoms in total. The van der Waals surface area contributed by atoms with Gasteiger partial charge in [0.2, 0.25) is 11.8 Å². The molecule has 25 heavy (non-hydrogen) atoms. The first kappa shape index (κ1) is 17.4. The zero-order valence-corrected chi connectivity index (χ0v) is 15.1. The van der Waals surface area contributed by atoms with Crippen molar-refractivity contribution in [3.05, 3.63) is 39.8 Å². The van der Waals surface area contributed by atoms with Crippen molar-refractivity contribution in [2.45, 2.75) is 32.1 Å². The minimum atomic E-state index is -0.485. The van der Waals surface area contributed by atoms with Crippen LogP contribution in [-0.4, -0.2) is 30.5 Å². The summed E-state index contributed by atoms with van der Waals surface area (Å²) in [6.07, 6.45) is 1.81. The number of ether oxygens (including phenoxy) is 1. The Morgan fingerprint density at radius 3 is 3.04 bits per heavy atom. The minimum absolute atomic E-state index is 0.125. The number of hydrogen-bond acceptors (Lipinski definition) is 5. The molecule has 0 saturated carbocycles. The molecule has 2 N–H and O–H groups in total. The van der Waals surface area contributed by atoms with Gasteiger partial charge in [-0.15, -0.1) is 11.3 Å². The average molecular weight is 359 g/mol. The molecule has 2 heterocycles. The van der Waals surface area contributed by atoms with E-state index < -0.39 is 5.92 Å². The van der Waals surface area contributed by atoms with E-state index in [0.29, 0.717) is 18.0 Å². The van der Waals surface area contributed by atoms with E-state index in [4.69, 9.17) is 4.74 Å². The number of aryl methyl sites for hydroxylation is 2. The Bertz CT molecular complexity index is 788. The zero-order valence-electron chi connectivity index (χ0n) is 14.3. The van der Waals surface area contributed by atoms with Crippen LogP contribution in [0.25, 0.3) is 0 Å². The lowest BCUT2D eigenvalue weighted by molar-refractivity contribution is -0.126. The van der Waals surface area contributed by atoms with Gasteiger partial charge in [-0.2, -0.15) is 0 Å². The monoisotopic (exact) mass is 359 g/mol. The second kappa shape index (κ2) is 7.65. The van der Waals surface area contributed by atoms with Gasteiger partial charge in [0.15, 0.2) is 0 Å². The van der Waals surface area contributed by atoms with Crippen LogP contribution < -0.4 is 15.4 Å². The third kappa shape index (κ3) is 4.17. The number of hydrogen-bond donors (Lipinski definition) is 2. The molecule has 0 fully saturated rings. The summed E-state index contributed by atoms with van der Waals surface area (Å²) < 4.78 is 5.23. The van der Waals surface area contributed by atoms with Gasteiger partial charge in [-0.1, -0.05) is 0 Å². The maximum atomic E-state index is 12.6. The summed E-state index contributed by atoms with van der Waals surface area (Å²) in [7, 11) is 1.58. The van der Waals surface area contributed by atoms with E-state index in [0.717, 1.165) is 29.1 Å². The Kier molecular flexibility index (Phi) is 5.33. The highest BCUT2D eigenvalue weighted by Gasteiger charge is 2.30. The number of anilines is 1. The van der Waals surface area contributed by atoms with Gasteiger partial charge in [-0.3, -0.25) is 9.59 Å². The number of carbonyl (C=O) groups is 2. The molecule has 7 heteroatoms. The van der Waals surface area contributed by atoms with Gasteiger partial charge in [0.25, 0.3) is 0 Å². The molecule has 1 aliphatic rings. The lowest BCUT2D eigenvalue weighted by atomic mass is 9.89. The quantitative estimate of drug-likeness (QED) is 0.777. The summed E-state index contributed by atoms with van der Waals surface area (Å²) in [5.74, 6) is -0.0801. The van der Waals surface area contributed by atoms with Crippen molar-refractivity contribution in [1.29, 1.82) is 0 Å². The van der Waals surface area contributed by atoms with Crippen molar-refractivity contribution < 1.29 is 14.3 Å². The summed E-state index contributed by atoms with van der Waals surface area (Å²) in [5, 5.41) is 8.86. The second-order valence-electron chi connectivity index (χ2n) is 6.04. The molecule has 1 atom stereocenters. The van der Waals surface area contributed by atoms with Crippen molar-refractivity contribution in [2.24, 2.45) is 0 Å². The van der Waals surface area contributed by atoms with Gasteiger partial charge in [-0.25, -0.2) is 4.98 Å². The number of nitrogens with one attached hydrogen (secondary N) is 2. The molecule has 1 aliphatic heterocycles. The van der Waals surface area contributed by atoms with Gasteiger partial charge < -0.3 is 15.4 Å². The van der Waals surface area contributed by atoms with Gasteiger partial charge in [0.1, 0.15) is 5.75 Å². The molecule has 2 aromatic rings. The summed E-state index contributed by atoms with van der Waals surface area (Å²) >= 11 is 1.64. The number of fused-ring (bicyclic) bond motifs is 1. The molecule has 132 valence electrons. The molecule has 3 rings (SSSR count). The Morgan fingerprint density at radius 2 is 2.32 bits per heavy atom. The predicted octanol–water partition coefficient (Wildman–Crippen LogP) is 2.63. The Labute approximate surface area is 150 Å². The van der Waals surface area contributed by atoms with Gasteiger partial charge in [-0.05, 0) is 37.1 Å². The molecular weight excluding hydrogens is 338 g/mol. The standard InChI is InChI=1S/C18H21N3O3S/c1-11-10-25-17(20-11)4-3-7-19-18(23)14-9-16(22)21-15-6-5-12(24-2)8-13(14)15/h5-6,8,10,14H,3-4,7,9H2,1-2H3,(H,19,23)(H,21,22)/t14-/m1/s1. The van der Waals surface area contributed by atoms with Crippen LogP contribution in [0, 0.1) is 6.92 Å². The molecule has 1 aromatic carbocycles. The van der Waals surface area contributed by atoms with E-state index in [9.17, 15) is 9.59 Å². The molecule has 1 aromatic heterocycles. The average Bonchev–Trinajstić information content (AvgIpc) is 3.02. The predicted molar refractivity (Wildman–Crippen MR) is 97.2 cm³/mol. The zero-order chi connectivity index (χ0) is 17.8. The van der Waals surface area contributed by atoms with Crippen LogP contribution in [-0.2, 0) is 16.0 Å². The fourth-order valence-electron chi connectivity index (χ4n) is 2.89. The first-order valence-corrected chi connectivity index (χ1v) is 9.11. The fraction of sp³-hybridized carbons (Fsp3) is 0.389. The van der Waals surface area contributed by atoms with Crippen molar-refractivity contribution in [1.82, 2.24) is 10.3 Å². The van der Waals surface area contributed by atoms with Crippen LogP contribution in [0.1, 0.15) is 35.0 Å². The number of carbonyl (C=O) groups excluding carboxylic acids is 2. The SMILES string of the molecule is COc1ccc2c(c1)[C@H](C(=O)NCCCc1nc(C)cs1)CC(=O)N2. The second-order valence-corrected chi connectivity index (χ2v) is 6.98.